The molecule has 0 spiro atoms. The SMILES string of the molecule is CNc1nc(N2CC(C)CCC2C)nc(-n2ccnc2)n1. The first-order chi connectivity index (χ1) is 10.2. The first-order valence-electron chi connectivity index (χ1n) is 7.36. The summed E-state index contributed by atoms with van der Waals surface area (Å²) in [6.07, 6.45) is 7.67. The molecular formula is C14H21N7. The van der Waals surface area contributed by atoms with Crippen LogP contribution < -0.4 is 10.2 Å². The second-order valence-electron chi connectivity index (χ2n) is 5.66. The molecule has 2 aromatic heterocycles. The fraction of sp³-hybridized carbons (Fsp3) is 0.571. The lowest BCUT2D eigenvalue weighted by Crippen LogP contribution is -2.42. The second-order valence-corrected chi connectivity index (χ2v) is 5.66. The molecule has 0 saturated carbocycles. The maximum absolute atomic E-state index is 4.62. The van der Waals surface area contributed by atoms with Crippen molar-refractivity contribution in [1.29, 1.82) is 0 Å². The number of rotatable bonds is 3. The van der Waals surface area contributed by atoms with Gasteiger partial charge in [0, 0.05) is 32.0 Å². The Bertz CT molecular complexity index is 595. The van der Waals surface area contributed by atoms with Crippen molar-refractivity contribution in [3.63, 3.8) is 0 Å². The molecule has 3 rings (SSSR count). The van der Waals surface area contributed by atoms with Gasteiger partial charge in [-0.1, -0.05) is 6.92 Å². The van der Waals surface area contributed by atoms with Crippen molar-refractivity contribution in [2.45, 2.75) is 32.7 Å². The molecule has 2 aromatic rings. The van der Waals surface area contributed by atoms with E-state index in [1.54, 1.807) is 17.1 Å². The Kier molecular flexibility index (Phi) is 3.72. The van der Waals surface area contributed by atoms with Crippen LogP contribution in [-0.2, 0) is 0 Å². The molecule has 21 heavy (non-hydrogen) atoms. The van der Waals surface area contributed by atoms with Crippen LogP contribution in [0.1, 0.15) is 26.7 Å². The maximum atomic E-state index is 4.62. The Labute approximate surface area is 124 Å². The van der Waals surface area contributed by atoms with Gasteiger partial charge in [0.05, 0.1) is 0 Å². The van der Waals surface area contributed by atoms with Gasteiger partial charge in [0.1, 0.15) is 6.33 Å². The van der Waals surface area contributed by atoms with Gasteiger partial charge in [-0.2, -0.15) is 15.0 Å². The summed E-state index contributed by atoms with van der Waals surface area (Å²) >= 11 is 0. The first-order valence-corrected chi connectivity index (χ1v) is 7.36. The van der Waals surface area contributed by atoms with Crippen LogP contribution >= 0.6 is 0 Å². The summed E-state index contributed by atoms with van der Waals surface area (Å²) in [6, 6.07) is 0.448. The average molecular weight is 287 g/mol. The number of nitrogens with one attached hydrogen (secondary N) is 1. The van der Waals surface area contributed by atoms with Crippen LogP contribution in [0.3, 0.4) is 0 Å². The second kappa shape index (κ2) is 5.67. The molecule has 0 aromatic carbocycles. The molecule has 1 aliphatic heterocycles. The molecule has 7 nitrogen and oxygen atoms in total. The first kappa shape index (κ1) is 13.8. The molecule has 1 saturated heterocycles. The highest BCUT2D eigenvalue weighted by Crippen LogP contribution is 2.25. The fourth-order valence-corrected chi connectivity index (χ4v) is 2.65. The van der Waals surface area contributed by atoms with E-state index in [1.807, 2.05) is 13.2 Å². The van der Waals surface area contributed by atoms with E-state index in [0.717, 1.165) is 12.5 Å². The van der Waals surface area contributed by atoms with Gasteiger partial charge in [0.2, 0.25) is 17.8 Å². The van der Waals surface area contributed by atoms with E-state index in [2.05, 4.69) is 44.0 Å². The summed E-state index contributed by atoms with van der Waals surface area (Å²) in [4.78, 5) is 19.9. The molecule has 1 N–H and O–H groups in total. The smallest absolute Gasteiger partial charge is 0.241 e. The summed E-state index contributed by atoms with van der Waals surface area (Å²) in [5.74, 6) is 2.56. The minimum Gasteiger partial charge on any atom is -0.357 e. The Hall–Kier alpha value is -2.18. The van der Waals surface area contributed by atoms with Gasteiger partial charge < -0.3 is 10.2 Å². The van der Waals surface area contributed by atoms with Crippen molar-refractivity contribution in [3.05, 3.63) is 18.7 Å². The van der Waals surface area contributed by atoms with Crippen molar-refractivity contribution in [3.8, 4) is 5.95 Å². The topological polar surface area (TPSA) is 71.8 Å². The molecule has 0 bridgehead atoms. The Morgan fingerprint density at radius 2 is 1.95 bits per heavy atom. The van der Waals surface area contributed by atoms with Crippen LogP contribution in [0.2, 0.25) is 0 Å². The van der Waals surface area contributed by atoms with E-state index in [-0.39, 0.29) is 0 Å². The Balaban J connectivity index is 1.99. The van der Waals surface area contributed by atoms with Crippen LogP contribution in [0.5, 0.6) is 0 Å². The van der Waals surface area contributed by atoms with Crippen molar-refractivity contribution >= 4 is 11.9 Å². The zero-order valence-corrected chi connectivity index (χ0v) is 12.7. The zero-order valence-electron chi connectivity index (χ0n) is 12.7. The highest BCUT2D eigenvalue weighted by molar-refractivity contribution is 5.41. The van der Waals surface area contributed by atoms with E-state index in [0.29, 0.717) is 23.9 Å². The van der Waals surface area contributed by atoms with Gasteiger partial charge in [-0.15, -0.1) is 0 Å². The highest BCUT2D eigenvalue weighted by atomic mass is 15.3. The van der Waals surface area contributed by atoms with Crippen LogP contribution in [0.15, 0.2) is 18.7 Å². The van der Waals surface area contributed by atoms with E-state index in [4.69, 9.17) is 0 Å². The molecule has 2 atom stereocenters. The Morgan fingerprint density at radius 1 is 1.14 bits per heavy atom. The van der Waals surface area contributed by atoms with E-state index in [9.17, 15) is 0 Å². The number of hydrogen-bond donors (Lipinski definition) is 1. The van der Waals surface area contributed by atoms with Gasteiger partial charge in [-0.3, -0.25) is 4.57 Å². The van der Waals surface area contributed by atoms with Crippen LogP contribution in [0.25, 0.3) is 5.95 Å². The number of piperidine rings is 1. The van der Waals surface area contributed by atoms with Gasteiger partial charge in [-0.05, 0) is 25.7 Å². The zero-order chi connectivity index (χ0) is 14.8. The third-order valence-corrected chi connectivity index (χ3v) is 3.95. The number of hydrogen-bond acceptors (Lipinski definition) is 6. The van der Waals surface area contributed by atoms with Gasteiger partial charge in [0.15, 0.2) is 0 Å². The standard InChI is InChI=1S/C14H21N7/c1-10-4-5-11(2)21(8-10)14-18-12(15-3)17-13(19-14)20-7-6-16-9-20/h6-7,9-11H,4-5,8H2,1-3H3,(H,15,17,18,19). The monoisotopic (exact) mass is 287 g/mol. The maximum Gasteiger partial charge on any atom is 0.241 e. The van der Waals surface area contributed by atoms with E-state index < -0.39 is 0 Å². The molecule has 2 unspecified atom stereocenters. The minimum absolute atomic E-state index is 0.448. The molecule has 3 heterocycles. The van der Waals surface area contributed by atoms with Gasteiger partial charge >= 0.3 is 0 Å². The summed E-state index contributed by atoms with van der Waals surface area (Å²) in [5, 5.41) is 3.01. The van der Waals surface area contributed by atoms with Crippen molar-refractivity contribution < 1.29 is 0 Å². The Morgan fingerprint density at radius 3 is 2.67 bits per heavy atom. The molecular weight excluding hydrogens is 266 g/mol. The molecule has 0 aliphatic carbocycles. The summed E-state index contributed by atoms with van der Waals surface area (Å²) in [6.45, 7) is 5.49. The van der Waals surface area contributed by atoms with Crippen molar-refractivity contribution in [1.82, 2.24) is 24.5 Å². The number of aromatic nitrogens is 5. The third-order valence-electron chi connectivity index (χ3n) is 3.95. The van der Waals surface area contributed by atoms with Crippen LogP contribution in [-0.4, -0.2) is 44.1 Å². The number of nitrogens with zero attached hydrogens (tertiary/aromatic N) is 6. The fourth-order valence-electron chi connectivity index (χ4n) is 2.65. The molecule has 7 heteroatoms. The average Bonchev–Trinajstić information content (AvgIpc) is 3.03. The quantitative estimate of drug-likeness (QED) is 0.927. The van der Waals surface area contributed by atoms with E-state index >= 15 is 0 Å². The predicted molar refractivity (Wildman–Crippen MR) is 81.7 cm³/mol. The van der Waals surface area contributed by atoms with Crippen molar-refractivity contribution in [2.24, 2.45) is 5.92 Å². The molecule has 1 fully saturated rings. The molecule has 112 valence electrons. The summed E-state index contributed by atoms with van der Waals surface area (Å²) in [5.41, 5.74) is 0. The van der Waals surface area contributed by atoms with Crippen LogP contribution in [0, 0.1) is 5.92 Å². The lowest BCUT2D eigenvalue weighted by Gasteiger charge is -2.36. The predicted octanol–water partition coefficient (Wildman–Crippen LogP) is 1.72. The number of imidazole rings is 1. The largest absolute Gasteiger partial charge is 0.357 e. The summed E-state index contributed by atoms with van der Waals surface area (Å²) in [7, 11) is 1.82. The third kappa shape index (κ3) is 2.81. The van der Waals surface area contributed by atoms with E-state index in [1.165, 1.54) is 12.8 Å². The minimum atomic E-state index is 0.448. The van der Waals surface area contributed by atoms with Gasteiger partial charge in [0.25, 0.3) is 0 Å². The lowest BCUT2D eigenvalue weighted by atomic mass is 9.95. The molecule has 0 amide bonds. The summed E-state index contributed by atoms with van der Waals surface area (Å²) < 4.78 is 1.80. The normalized spacial score (nSPS) is 22.3. The number of anilines is 2. The van der Waals surface area contributed by atoms with Crippen LogP contribution in [0.4, 0.5) is 11.9 Å². The molecule has 1 aliphatic rings. The highest BCUT2D eigenvalue weighted by Gasteiger charge is 2.26. The van der Waals surface area contributed by atoms with Gasteiger partial charge in [-0.25, -0.2) is 4.98 Å². The van der Waals surface area contributed by atoms with Crippen molar-refractivity contribution in [2.75, 3.05) is 23.8 Å². The lowest BCUT2D eigenvalue weighted by molar-refractivity contribution is 0.385. The molecule has 0 radical (unpaired) electrons.